The van der Waals surface area contributed by atoms with Gasteiger partial charge in [-0.05, 0) is 30.2 Å². The fraction of sp³-hybridized carbons (Fsp3) is 0.350. The van der Waals surface area contributed by atoms with Crippen LogP contribution in [0.3, 0.4) is 0 Å². The fourth-order valence-electron chi connectivity index (χ4n) is 3.25. The molecule has 0 N–H and O–H groups in total. The Morgan fingerprint density at radius 2 is 1.79 bits per heavy atom. The van der Waals surface area contributed by atoms with Gasteiger partial charge < -0.3 is 4.90 Å². The van der Waals surface area contributed by atoms with Gasteiger partial charge in [0, 0.05) is 23.7 Å². The largest absolute Gasteiger partial charge is 0.416 e. The van der Waals surface area contributed by atoms with E-state index in [0.29, 0.717) is 16.9 Å². The van der Waals surface area contributed by atoms with Crippen molar-refractivity contribution in [1.29, 1.82) is 0 Å². The molecule has 4 nitrogen and oxygen atoms in total. The van der Waals surface area contributed by atoms with E-state index in [4.69, 9.17) is 0 Å². The second-order valence-corrected chi connectivity index (χ2v) is 10.5. The first kappa shape index (κ1) is 21.7. The Labute approximate surface area is 172 Å². The normalized spacial score (nSPS) is 18.6. The van der Waals surface area contributed by atoms with Gasteiger partial charge in [0.05, 0.1) is 22.6 Å². The first-order chi connectivity index (χ1) is 13.6. The maximum absolute atomic E-state index is 13.2. The Morgan fingerprint density at radius 3 is 2.45 bits per heavy atom. The predicted molar refractivity (Wildman–Crippen MR) is 107 cm³/mol. The molecular formula is C20H20F3NO3S2. The summed E-state index contributed by atoms with van der Waals surface area (Å²) in [5, 5.41) is -0.134. The number of benzene rings is 2. The highest BCUT2D eigenvalue weighted by Crippen LogP contribution is 2.35. The third kappa shape index (κ3) is 5.33. The van der Waals surface area contributed by atoms with E-state index in [2.05, 4.69) is 0 Å². The summed E-state index contributed by atoms with van der Waals surface area (Å²) in [7, 11) is -1.59. The third-order valence-corrected chi connectivity index (χ3v) is 8.00. The van der Waals surface area contributed by atoms with Crippen molar-refractivity contribution in [2.75, 3.05) is 18.6 Å². The van der Waals surface area contributed by atoms with Crippen LogP contribution < -0.4 is 0 Å². The molecule has 9 heteroatoms. The number of hydrogen-bond donors (Lipinski definition) is 0. The van der Waals surface area contributed by atoms with E-state index in [9.17, 15) is 26.4 Å². The zero-order chi connectivity index (χ0) is 21.2. The molecule has 2 aromatic carbocycles. The average Bonchev–Trinajstić information content (AvgIpc) is 2.99. The van der Waals surface area contributed by atoms with Crippen LogP contribution in [0.5, 0.6) is 0 Å². The molecule has 29 heavy (non-hydrogen) atoms. The number of carbonyl (C=O) groups excluding carboxylic acids is 1. The van der Waals surface area contributed by atoms with Crippen molar-refractivity contribution in [2.24, 2.45) is 0 Å². The predicted octanol–water partition coefficient (Wildman–Crippen LogP) is 4.26. The fourth-order valence-corrected chi connectivity index (χ4v) is 6.87. The van der Waals surface area contributed by atoms with Gasteiger partial charge in [0.25, 0.3) is 5.91 Å². The SMILES string of the molecule is CN(Cc1ccccc1C(F)(F)F)C(=O)c1ccccc1S[C@@H]1CCS(=O)(=O)C1. The lowest BCUT2D eigenvalue weighted by atomic mass is 10.1. The maximum Gasteiger partial charge on any atom is 0.416 e. The van der Waals surface area contributed by atoms with Gasteiger partial charge in [-0.15, -0.1) is 11.8 Å². The van der Waals surface area contributed by atoms with E-state index in [-0.39, 0.29) is 28.9 Å². The molecule has 1 aliphatic rings. The number of amides is 1. The van der Waals surface area contributed by atoms with Crippen LogP contribution in [0.1, 0.15) is 27.9 Å². The number of carbonyl (C=O) groups is 1. The summed E-state index contributed by atoms with van der Waals surface area (Å²) >= 11 is 1.33. The molecule has 0 unspecified atom stereocenters. The molecule has 0 saturated carbocycles. The summed E-state index contributed by atoms with van der Waals surface area (Å²) in [6, 6.07) is 12.0. The topological polar surface area (TPSA) is 54.5 Å². The monoisotopic (exact) mass is 443 g/mol. The first-order valence-electron chi connectivity index (χ1n) is 8.93. The van der Waals surface area contributed by atoms with Gasteiger partial charge in [-0.3, -0.25) is 4.79 Å². The smallest absolute Gasteiger partial charge is 0.337 e. The highest BCUT2D eigenvalue weighted by Gasteiger charge is 2.34. The minimum absolute atomic E-state index is 0.0165. The second kappa shape index (κ2) is 8.39. The van der Waals surface area contributed by atoms with Crippen LogP contribution in [0.15, 0.2) is 53.4 Å². The molecule has 2 aromatic rings. The number of sulfone groups is 1. The maximum atomic E-state index is 13.2. The Balaban J connectivity index is 1.79. The molecule has 1 aliphatic heterocycles. The summed E-state index contributed by atoms with van der Waals surface area (Å²) in [6.07, 6.45) is -3.98. The van der Waals surface area contributed by atoms with Crippen molar-refractivity contribution < 1.29 is 26.4 Å². The molecule has 0 aliphatic carbocycles. The molecule has 1 atom stereocenters. The van der Waals surface area contributed by atoms with Crippen LogP contribution in [0.25, 0.3) is 0 Å². The molecule has 1 fully saturated rings. The highest BCUT2D eigenvalue weighted by atomic mass is 32.2. The number of nitrogens with zero attached hydrogens (tertiary/aromatic N) is 1. The summed E-state index contributed by atoms with van der Waals surface area (Å²) < 4.78 is 63.1. The van der Waals surface area contributed by atoms with E-state index in [0.717, 1.165) is 6.07 Å². The van der Waals surface area contributed by atoms with Crippen LogP contribution in [-0.2, 0) is 22.6 Å². The zero-order valence-electron chi connectivity index (χ0n) is 15.6. The third-order valence-electron chi connectivity index (χ3n) is 4.68. The molecule has 0 bridgehead atoms. The average molecular weight is 444 g/mol. The van der Waals surface area contributed by atoms with Gasteiger partial charge in [-0.1, -0.05) is 30.3 Å². The lowest BCUT2D eigenvalue weighted by Crippen LogP contribution is -2.28. The van der Waals surface area contributed by atoms with E-state index >= 15 is 0 Å². The van der Waals surface area contributed by atoms with E-state index in [1.165, 1.54) is 41.9 Å². The highest BCUT2D eigenvalue weighted by molar-refractivity contribution is 8.02. The van der Waals surface area contributed by atoms with Crippen LogP contribution >= 0.6 is 11.8 Å². The molecule has 1 heterocycles. The molecule has 1 amide bonds. The standard InChI is InChI=1S/C20H20F3NO3S2/c1-24(12-14-6-2-4-8-17(14)20(21,22)23)19(25)16-7-3-5-9-18(16)28-15-10-11-29(26,27)13-15/h2-9,15H,10-13H2,1H3/t15-/m1/s1. The van der Waals surface area contributed by atoms with Gasteiger partial charge in [-0.25, -0.2) is 8.42 Å². The molecule has 0 spiro atoms. The van der Waals surface area contributed by atoms with Crippen molar-refractivity contribution in [3.63, 3.8) is 0 Å². The molecule has 3 rings (SSSR count). The van der Waals surface area contributed by atoms with Crippen molar-refractivity contribution >= 4 is 27.5 Å². The lowest BCUT2D eigenvalue weighted by molar-refractivity contribution is -0.138. The number of hydrogen-bond acceptors (Lipinski definition) is 4. The number of alkyl halides is 3. The Morgan fingerprint density at radius 1 is 1.14 bits per heavy atom. The summed E-state index contributed by atoms with van der Waals surface area (Å²) in [4.78, 5) is 14.8. The molecule has 1 saturated heterocycles. The second-order valence-electron chi connectivity index (χ2n) is 6.96. The van der Waals surface area contributed by atoms with E-state index in [1.807, 2.05) is 0 Å². The molecule has 0 aromatic heterocycles. The summed E-state index contributed by atoms with van der Waals surface area (Å²) in [5.41, 5.74) is -0.393. The van der Waals surface area contributed by atoms with Gasteiger partial charge in [0.2, 0.25) is 0 Å². The van der Waals surface area contributed by atoms with E-state index < -0.39 is 27.5 Å². The Kier molecular flexibility index (Phi) is 6.28. The number of rotatable bonds is 5. The van der Waals surface area contributed by atoms with Gasteiger partial charge in [0.1, 0.15) is 0 Å². The first-order valence-corrected chi connectivity index (χ1v) is 11.6. The van der Waals surface area contributed by atoms with Gasteiger partial charge in [0.15, 0.2) is 9.84 Å². The molecular weight excluding hydrogens is 423 g/mol. The van der Waals surface area contributed by atoms with Crippen LogP contribution in [0.2, 0.25) is 0 Å². The molecule has 156 valence electrons. The quantitative estimate of drug-likeness (QED) is 0.693. The minimum Gasteiger partial charge on any atom is -0.337 e. The van der Waals surface area contributed by atoms with Crippen LogP contribution in [-0.4, -0.2) is 43.0 Å². The zero-order valence-corrected chi connectivity index (χ0v) is 17.3. The van der Waals surface area contributed by atoms with Crippen molar-refractivity contribution in [3.05, 3.63) is 65.2 Å². The summed E-state index contributed by atoms with van der Waals surface area (Å²) in [6.45, 7) is -0.189. The van der Waals surface area contributed by atoms with Gasteiger partial charge in [-0.2, -0.15) is 13.2 Å². The Hall–Kier alpha value is -2.00. The van der Waals surface area contributed by atoms with Crippen LogP contribution in [0, 0.1) is 0 Å². The van der Waals surface area contributed by atoms with E-state index in [1.54, 1.807) is 24.3 Å². The number of halogens is 3. The summed E-state index contributed by atoms with van der Waals surface area (Å²) in [5.74, 6) is -0.213. The Bertz CT molecular complexity index is 1010. The van der Waals surface area contributed by atoms with Gasteiger partial charge >= 0.3 is 6.18 Å². The van der Waals surface area contributed by atoms with Crippen molar-refractivity contribution in [1.82, 2.24) is 4.90 Å². The van der Waals surface area contributed by atoms with Crippen molar-refractivity contribution in [2.45, 2.75) is 29.3 Å². The lowest BCUT2D eigenvalue weighted by Gasteiger charge is -2.22. The number of thioether (sulfide) groups is 1. The van der Waals surface area contributed by atoms with Crippen LogP contribution in [0.4, 0.5) is 13.2 Å². The minimum atomic E-state index is -4.50. The van der Waals surface area contributed by atoms with Crippen molar-refractivity contribution in [3.8, 4) is 0 Å². The molecule has 0 radical (unpaired) electrons.